The molecule has 62 heavy (non-hydrogen) atoms. The van der Waals surface area contributed by atoms with Crippen molar-refractivity contribution >= 4 is 58.2 Å². The van der Waals surface area contributed by atoms with E-state index in [9.17, 15) is 28.8 Å². The van der Waals surface area contributed by atoms with Gasteiger partial charge in [0.15, 0.2) is 0 Å². The van der Waals surface area contributed by atoms with Crippen LogP contribution in [0, 0.1) is 47.3 Å². The van der Waals surface area contributed by atoms with E-state index in [0.29, 0.717) is 56.9 Å². The molecule has 0 aromatic heterocycles. The second-order valence-electron chi connectivity index (χ2n) is 16.8. The number of anilines is 4. The lowest BCUT2D eigenvalue weighted by atomic mass is 9.85. The van der Waals surface area contributed by atoms with Gasteiger partial charge in [-0.1, -0.05) is 30.4 Å². The van der Waals surface area contributed by atoms with E-state index in [1.807, 2.05) is 0 Å². The van der Waals surface area contributed by atoms with Crippen LogP contribution in [0.4, 0.5) is 22.7 Å². The standard InChI is InChI=1S/C50H38N4O8/c55-45(27-8-16-35(17-9-27)53-47(57)41-29-4-5-30(24-29)42(41)48(53)58)51-33-12-20-37(21-13-33)61-39-2-1-3-40(26-39)62-38-22-14-34(15-23-38)52-46(56)28-10-18-36(19-11-28)54-49(59)43-31-6-7-32(25-31)44(43)50(54)60/h1-23,26,29-32,41-44H,24-25H2,(H,51,55)(H,52,56)/t29-,30-,31-,32-,41-,42+,43-,44+/m0/s1. The minimum atomic E-state index is -0.337. The third kappa shape index (κ3) is 6.29. The van der Waals surface area contributed by atoms with Gasteiger partial charge in [-0.15, -0.1) is 0 Å². The van der Waals surface area contributed by atoms with Crippen molar-refractivity contribution in [1.82, 2.24) is 0 Å². The maximum Gasteiger partial charge on any atom is 0.255 e. The number of nitrogens with one attached hydrogen (secondary N) is 2. The van der Waals surface area contributed by atoms with Gasteiger partial charge in [-0.3, -0.25) is 38.6 Å². The fourth-order valence-electron chi connectivity index (χ4n) is 10.3. The summed E-state index contributed by atoms with van der Waals surface area (Å²) in [6.45, 7) is 0. The lowest BCUT2D eigenvalue weighted by Gasteiger charge is -2.17. The van der Waals surface area contributed by atoms with Crippen molar-refractivity contribution in [2.75, 3.05) is 20.4 Å². The van der Waals surface area contributed by atoms with Gasteiger partial charge in [-0.2, -0.15) is 0 Å². The van der Waals surface area contributed by atoms with Gasteiger partial charge in [0.1, 0.15) is 23.0 Å². The molecule has 4 bridgehead atoms. The van der Waals surface area contributed by atoms with E-state index < -0.39 is 0 Å². The smallest absolute Gasteiger partial charge is 0.255 e. The van der Waals surface area contributed by atoms with E-state index in [0.717, 1.165) is 12.8 Å². The number of carbonyl (C=O) groups is 6. The summed E-state index contributed by atoms with van der Waals surface area (Å²) in [5.74, 6) is 0.237. The van der Waals surface area contributed by atoms with E-state index in [1.54, 1.807) is 121 Å². The van der Waals surface area contributed by atoms with Crippen LogP contribution in [-0.4, -0.2) is 35.4 Å². The summed E-state index contributed by atoms with van der Waals surface area (Å²) in [7, 11) is 0. The Morgan fingerprint density at radius 2 is 0.774 bits per heavy atom. The highest BCUT2D eigenvalue weighted by Crippen LogP contribution is 2.54. The van der Waals surface area contributed by atoms with E-state index in [2.05, 4.69) is 34.9 Å². The zero-order valence-corrected chi connectivity index (χ0v) is 33.0. The number of fused-ring (bicyclic) bond motifs is 10. The molecule has 0 radical (unpaired) electrons. The second kappa shape index (κ2) is 14.5. The lowest BCUT2D eigenvalue weighted by Crippen LogP contribution is -2.32. The average Bonchev–Trinajstić information content (AvgIpc) is 4.16. The molecule has 2 aliphatic heterocycles. The Bertz CT molecular complexity index is 2520. The fraction of sp³-hybridized carbons (Fsp3) is 0.200. The Morgan fingerprint density at radius 3 is 1.11 bits per heavy atom. The van der Waals surface area contributed by atoms with Crippen molar-refractivity contribution in [2.24, 2.45) is 47.3 Å². The van der Waals surface area contributed by atoms with E-state index >= 15 is 0 Å². The molecule has 4 aliphatic carbocycles. The summed E-state index contributed by atoms with van der Waals surface area (Å²) in [5, 5.41) is 5.75. The topological polar surface area (TPSA) is 151 Å². The van der Waals surface area contributed by atoms with Gasteiger partial charge in [-0.05, 0) is 146 Å². The van der Waals surface area contributed by atoms with Crippen molar-refractivity contribution in [3.63, 3.8) is 0 Å². The quantitative estimate of drug-likeness (QED) is 0.105. The molecule has 2 heterocycles. The first-order valence-corrected chi connectivity index (χ1v) is 20.8. The van der Waals surface area contributed by atoms with E-state index in [1.165, 1.54) is 9.80 Å². The molecule has 0 spiro atoms. The molecule has 11 rings (SSSR count). The Hall–Kier alpha value is -7.60. The Morgan fingerprint density at radius 1 is 0.435 bits per heavy atom. The minimum Gasteiger partial charge on any atom is -0.457 e. The number of hydrogen-bond acceptors (Lipinski definition) is 8. The van der Waals surface area contributed by atoms with E-state index in [-0.39, 0.29) is 82.8 Å². The molecule has 12 nitrogen and oxygen atoms in total. The van der Waals surface area contributed by atoms with E-state index in [4.69, 9.17) is 9.47 Å². The van der Waals surface area contributed by atoms with Gasteiger partial charge in [0.2, 0.25) is 23.6 Å². The second-order valence-corrected chi connectivity index (χ2v) is 16.8. The third-order valence-corrected chi connectivity index (χ3v) is 13.2. The van der Waals surface area contributed by atoms with Crippen LogP contribution in [0.3, 0.4) is 0 Å². The Labute approximate surface area is 355 Å². The van der Waals surface area contributed by atoms with Crippen molar-refractivity contribution in [2.45, 2.75) is 12.8 Å². The number of benzene rings is 5. The third-order valence-electron chi connectivity index (χ3n) is 13.2. The molecule has 6 aliphatic rings. The summed E-state index contributed by atoms with van der Waals surface area (Å²) in [6, 6.07) is 34.0. The highest BCUT2D eigenvalue weighted by atomic mass is 16.5. The van der Waals surface area contributed by atoms with Crippen LogP contribution in [0.2, 0.25) is 0 Å². The molecule has 2 saturated heterocycles. The summed E-state index contributed by atoms with van der Waals surface area (Å²) < 4.78 is 12.1. The zero-order valence-electron chi connectivity index (χ0n) is 33.0. The van der Waals surface area contributed by atoms with Crippen molar-refractivity contribution < 1.29 is 38.2 Å². The first-order valence-electron chi connectivity index (χ1n) is 20.8. The van der Waals surface area contributed by atoms with Crippen LogP contribution in [0.1, 0.15) is 33.6 Å². The molecule has 0 unspecified atom stereocenters. The zero-order chi connectivity index (χ0) is 42.2. The van der Waals surface area contributed by atoms with Crippen LogP contribution >= 0.6 is 0 Å². The van der Waals surface area contributed by atoms with Crippen LogP contribution in [0.15, 0.2) is 146 Å². The lowest BCUT2D eigenvalue weighted by molar-refractivity contribution is -0.124. The first kappa shape index (κ1) is 37.4. The van der Waals surface area contributed by atoms with Crippen LogP contribution in [0.5, 0.6) is 23.0 Å². The predicted molar refractivity (Wildman–Crippen MR) is 229 cm³/mol. The number of hydrogen-bond donors (Lipinski definition) is 2. The molecule has 5 aromatic carbocycles. The summed E-state index contributed by atoms with van der Waals surface area (Å²) in [6.07, 6.45) is 10.00. The van der Waals surface area contributed by atoms with Gasteiger partial charge in [0.25, 0.3) is 11.8 Å². The summed E-state index contributed by atoms with van der Waals surface area (Å²) >= 11 is 0. The maximum atomic E-state index is 13.2. The number of amides is 6. The van der Waals surface area contributed by atoms with Crippen LogP contribution < -0.4 is 29.9 Å². The number of imide groups is 2. The highest BCUT2D eigenvalue weighted by molar-refractivity contribution is 6.24. The minimum absolute atomic E-state index is 0.131. The SMILES string of the molecule is O=C(Nc1ccc(Oc2cccc(Oc3ccc(NC(=O)c4ccc(N5C(=O)[C@@H]6[C@H](C5=O)[C@H]5C=C[C@H]6C5)cc4)cc3)c2)cc1)c1ccc(N2C(=O)[C@@H]3[C@H](C2=O)[C@H]2C=C[C@H]3C2)cc1. The Kier molecular flexibility index (Phi) is 8.78. The maximum absolute atomic E-state index is 13.2. The molecule has 306 valence electrons. The number of allylic oxidation sites excluding steroid dienone is 4. The molecule has 5 aromatic rings. The largest absolute Gasteiger partial charge is 0.457 e. The normalized spacial score (nSPS) is 26.0. The monoisotopic (exact) mass is 822 g/mol. The number of ether oxygens (including phenoxy) is 2. The summed E-state index contributed by atoms with van der Waals surface area (Å²) in [4.78, 5) is 81.4. The number of rotatable bonds is 10. The molecular weight excluding hydrogens is 785 g/mol. The molecular formula is C50H38N4O8. The number of carbonyl (C=O) groups excluding carboxylic acids is 6. The Balaban J connectivity index is 0.665. The first-order chi connectivity index (χ1) is 30.2. The molecule has 8 atom stereocenters. The van der Waals surface area contributed by atoms with Crippen molar-refractivity contribution in [3.8, 4) is 23.0 Å². The molecule has 4 fully saturated rings. The number of nitrogens with zero attached hydrogens (tertiary/aromatic N) is 2. The molecule has 2 saturated carbocycles. The summed E-state index contributed by atoms with van der Waals surface area (Å²) in [5.41, 5.74) is 2.84. The van der Waals surface area contributed by atoms with Crippen LogP contribution in [0.25, 0.3) is 0 Å². The predicted octanol–water partition coefficient (Wildman–Crippen LogP) is 8.40. The average molecular weight is 823 g/mol. The highest BCUT2D eigenvalue weighted by Gasteiger charge is 2.60. The van der Waals surface area contributed by atoms with Crippen molar-refractivity contribution in [1.29, 1.82) is 0 Å². The molecule has 6 amide bonds. The molecule has 12 heteroatoms. The van der Waals surface area contributed by atoms with Crippen LogP contribution in [-0.2, 0) is 19.2 Å². The van der Waals surface area contributed by atoms with Gasteiger partial charge in [0, 0.05) is 28.6 Å². The van der Waals surface area contributed by atoms with Crippen molar-refractivity contribution in [3.05, 3.63) is 157 Å². The van der Waals surface area contributed by atoms with Gasteiger partial charge in [-0.25, -0.2) is 0 Å². The van der Waals surface area contributed by atoms with Gasteiger partial charge in [0.05, 0.1) is 35.0 Å². The van der Waals surface area contributed by atoms with Gasteiger partial charge >= 0.3 is 0 Å². The molecule has 2 N–H and O–H groups in total. The van der Waals surface area contributed by atoms with Gasteiger partial charge < -0.3 is 20.1 Å². The fourth-order valence-corrected chi connectivity index (χ4v) is 10.3.